The summed E-state index contributed by atoms with van der Waals surface area (Å²) in [7, 11) is 1.60. The summed E-state index contributed by atoms with van der Waals surface area (Å²) in [6.07, 6.45) is 0. The monoisotopic (exact) mass is 333 g/mol. The van der Waals surface area contributed by atoms with Gasteiger partial charge in [-0.2, -0.15) is 5.26 Å². The lowest BCUT2D eigenvalue weighted by Gasteiger charge is -2.14. The van der Waals surface area contributed by atoms with Gasteiger partial charge >= 0.3 is 0 Å². The van der Waals surface area contributed by atoms with Crippen LogP contribution in [0.4, 0.5) is 5.69 Å². The van der Waals surface area contributed by atoms with Crippen molar-refractivity contribution in [1.29, 1.82) is 5.26 Å². The lowest BCUT2D eigenvalue weighted by atomic mass is 10.1. The van der Waals surface area contributed by atoms with Crippen molar-refractivity contribution in [2.45, 2.75) is 13.5 Å². The molecule has 5 heteroatoms. The number of anilines is 1. The van der Waals surface area contributed by atoms with Gasteiger partial charge in [-0.25, -0.2) is 0 Å². The second-order valence-corrected chi connectivity index (χ2v) is 5.70. The number of hydrogen-bond donors (Lipinski definition) is 1. The van der Waals surface area contributed by atoms with E-state index in [-0.39, 0.29) is 0 Å². The standard InChI is InChI=1S/C20H19N3O2/c1-14-6-3-4-7-15(14)13-23-16(12-21)10-19(22)20(23)25-18-9-5-8-17(11-18)24-2/h3-11H,13,22H2,1-2H3. The first-order valence-corrected chi connectivity index (χ1v) is 7.88. The Hall–Kier alpha value is -3.39. The highest BCUT2D eigenvalue weighted by Crippen LogP contribution is 2.33. The van der Waals surface area contributed by atoms with Gasteiger partial charge in [0.15, 0.2) is 0 Å². The summed E-state index contributed by atoms with van der Waals surface area (Å²) in [4.78, 5) is 0. The van der Waals surface area contributed by atoms with E-state index >= 15 is 0 Å². The van der Waals surface area contributed by atoms with Gasteiger partial charge in [-0.05, 0) is 30.2 Å². The van der Waals surface area contributed by atoms with Gasteiger partial charge in [-0.3, -0.25) is 4.57 Å². The van der Waals surface area contributed by atoms with Crippen molar-refractivity contribution in [3.8, 4) is 23.4 Å². The number of benzene rings is 2. The number of aryl methyl sites for hydroxylation is 1. The maximum Gasteiger partial charge on any atom is 0.224 e. The number of hydrogen-bond acceptors (Lipinski definition) is 4. The maximum absolute atomic E-state index is 9.45. The Morgan fingerprint density at radius 3 is 2.56 bits per heavy atom. The van der Waals surface area contributed by atoms with E-state index in [0.29, 0.717) is 35.3 Å². The number of nitrogens with two attached hydrogens (primary N) is 1. The van der Waals surface area contributed by atoms with Crippen LogP contribution >= 0.6 is 0 Å². The molecular weight excluding hydrogens is 314 g/mol. The van der Waals surface area contributed by atoms with Gasteiger partial charge in [0.05, 0.1) is 19.3 Å². The molecule has 0 amide bonds. The lowest BCUT2D eigenvalue weighted by molar-refractivity contribution is 0.403. The smallest absolute Gasteiger partial charge is 0.224 e. The van der Waals surface area contributed by atoms with Crippen molar-refractivity contribution in [3.63, 3.8) is 0 Å². The highest BCUT2D eigenvalue weighted by atomic mass is 16.5. The average molecular weight is 333 g/mol. The molecule has 0 spiro atoms. The van der Waals surface area contributed by atoms with Crippen LogP contribution < -0.4 is 15.2 Å². The molecule has 2 N–H and O–H groups in total. The second kappa shape index (κ2) is 7.02. The van der Waals surface area contributed by atoms with Crippen LogP contribution in [0.2, 0.25) is 0 Å². The van der Waals surface area contributed by atoms with Crippen molar-refractivity contribution in [2.24, 2.45) is 0 Å². The minimum absolute atomic E-state index is 0.424. The van der Waals surface area contributed by atoms with E-state index in [2.05, 4.69) is 6.07 Å². The Labute approximate surface area is 146 Å². The number of rotatable bonds is 5. The summed E-state index contributed by atoms with van der Waals surface area (Å²) in [5.41, 5.74) is 9.23. The van der Waals surface area contributed by atoms with Crippen LogP contribution in [0.15, 0.2) is 54.6 Å². The van der Waals surface area contributed by atoms with Gasteiger partial charge in [0, 0.05) is 12.1 Å². The van der Waals surface area contributed by atoms with Crippen LogP contribution in [0.3, 0.4) is 0 Å². The van der Waals surface area contributed by atoms with Gasteiger partial charge in [0.1, 0.15) is 23.3 Å². The molecule has 1 heterocycles. The van der Waals surface area contributed by atoms with Gasteiger partial charge < -0.3 is 15.2 Å². The molecule has 126 valence electrons. The molecule has 3 aromatic rings. The van der Waals surface area contributed by atoms with Crippen molar-refractivity contribution in [3.05, 3.63) is 71.4 Å². The molecule has 0 saturated heterocycles. The molecule has 0 radical (unpaired) electrons. The number of ether oxygens (including phenoxy) is 2. The van der Waals surface area contributed by atoms with E-state index in [4.69, 9.17) is 15.2 Å². The molecule has 3 rings (SSSR count). The third-order valence-corrected chi connectivity index (χ3v) is 4.04. The van der Waals surface area contributed by atoms with Crippen LogP contribution in [0, 0.1) is 18.3 Å². The summed E-state index contributed by atoms with van der Waals surface area (Å²) in [5, 5.41) is 9.45. The molecule has 0 aliphatic carbocycles. The first-order chi connectivity index (χ1) is 12.1. The fraction of sp³-hybridized carbons (Fsp3) is 0.150. The van der Waals surface area contributed by atoms with E-state index in [0.717, 1.165) is 11.1 Å². The fourth-order valence-electron chi connectivity index (χ4n) is 2.65. The van der Waals surface area contributed by atoms with E-state index in [1.165, 1.54) is 0 Å². The maximum atomic E-state index is 9.45. The minimum Gasteiger partial charge on any atom is -0.497 e. The molecule has 0 unspecified atom stereocenters. The SMILES string of the molecule is COc1cccc(Oc2c(N)cc(C#N)n2Cc2ccccc2C)c1. The molecule has 25 heavy (non-hydrogen) atoms. The molecule has 0 aliphatic rings. The summed E-state index contributed by atoms with van der Waals surface area (Å²) in [5.74, 6) is 1.74. The molecule has 0 fully saturated rings. The number of nitrogens with zero attached hydrogens (tertiary/aromatic N) is 2. The Bertz CT molecular complexity index is 938. The van der Waals surface area contributed by atoms with Crippen LogP contribution in [0.1, 0.15) is 16.8 Å². The normalized spacial score (nSPS) is 10.3. The van der Waals surface area contributed by atoms with Crippen LogP contribution in [0.5, 0.6) is 17.4 Å². The highest BCUT2D eigenvalue weighted by Gasteiger charge is 2.16. The molecule has 1 aromatic heterocycles. The first kappa shape index (κ1) is 16.5. The molecular formula is C20H19N3O2. The molecule has 0 aliphatic heterocycles. The minimum atomic E-state index is 0.424. The van der Waals surface area contributed by atoms with E-state index in [9.17, 15) is 5.26 Å². The Morgan fingerprint density at radius 2 is 1.84 bits per heavy atom. The predicted octanol–water partition coefficient (Wildman–Crippen LogP) is 4.10. The summed E-state index contributed by atoms with van der Waals surface area (Å²) >= 11 is 0. The second-order valence-electron chi connectivity index (χ2n) is 5.70. The Balaban J connectivity index is 2.00. The zero-order valence-corrected chi connectivity index (χ0v) is 14.2. The number of aromatic nitrogens is 1. The molecule has 2 aromatic carbocycles. The summed E-state index contributed by atoms with van der Waals surface area (Å²) < 4.78 is 13.0. The van der Waals surface area contributed by atoms with Crippen molar-refractivity contribution in [1.82, 2.24) is 4.57 Å². The first-order valence-electron chi connectivity index (χ1n) is 7.88. The topological polar surface area (TPSA) is 73.2 Å². The van der Waals surface area contributed by atoms with Gasteiger partial charge in [0.25, 0.3) is 0 Å². The van der Waals surface area contributed by atoms with Gasteiger partial charge in [0.2, 0.25) is 5.88 Å². The Kier molecular flexibility index (Phi) is 4.62. The van der Waals surface area contributed by atoms with Gasteiger partial charge in [-0.1, -0.05) is 30.3 Å². The predicted molar refractivity (Wildman–Crippen MR) is 96.9 cm³/mol. The van der Waals surface area contributed by atoms with E-state index in [1.807, 2.05) is 49.4 Å². The average Bonchev–Trinajstić information content (AvgIpc) is 2.92. The summed E-state index contributed by atoms with van der Waals surface area (Å²) in [6.45, 7) is 2.54. The quantitative estimate of drug-likeness (QED) is 0.763. The van der Waals surface area contributed by atoms with Crippen molar-refractivity contribution >= 4 is 5.69 Å². The lowest BCUT2D eigenvalue weighted by Crippen LogP contribution is -2.06. The zero-order chi connectivity index (χ0) is 17.8. The third-order valence-electron chi connectivity index (χ3n) is 4.04. The molecule has 0 bridgehead atoms. The van der Waals surface area contributed by atoms with Crippen molar-refractivity contribution < 1.29 is 9.47 Å². The van der Waals surface area contributed by atoms with Crippen molar-refractivity contribution in [2.75, 3.05) is 12.8 Å². The number of nitriles is 1. The number of methoxy groups -OCH3 is 1. The molecule has 5 nitrogen and oxygen atoms in total. The largest absolute Gasteiger partial charge is 0.497 e. The summed E-state index contributed by atoms with van der Waals surface area (Å²) in [6, 6.07) is 19.1. The molecule has 0 atom stereocenters. The zero-order valence-electron chi connectivity index (χ0n) is 14.2. The fourth-order valence-corrected chi connectivity index (χ4v) is 2.65. The Morgan fingerprint density at radius 1 is 1.08 bits per heavy atom. The van der Waals surface area contributed by atoms with Crippen LogP contribution in [-0.2, 0) is 6.54 Å². The van der Waals surface area contributed by atoms with Crippen LogP contribution in [0.25, 0.3) is 0 Å². The van der Waals surface area contributed by atoms with E-state index < -0.39 is 0 Å². The van der Waals surface area contributed by atoms with Gasteiger partial charge in [-0.15, -0.1) is 0 Å². The van der Waals surface area contributed by atoms with Crippen LogP contribution in [-0.4, -0.2) is 11.7 Å². The highest BCUT2D eigenvalue weighted by molar-refractivity contribution is 5.57. The molecule has 0 saturated carbocycles. The number of nitrogen functional groups attached to an aromatic ring is 1. The third kappa shape index (κ3) is 3.43. The van der Waals surface area contributed by atoms with E-state index in [1.54, 1.807) is 23.8 Å².